The first kappa shape index (κ1) is 6.09. The van der Waals surface area contributed by atoms with E-state index >= 15 is 0 Å². The molecular formula is C7H16N+. The molecule has 8 heavy (non-hydrogen) atoms. The van der Waals surface area contributed by atoms with E-state index in [2.05, 4.69) is 34.9 Å². The van der Waals surface area contributed by atoms with Crippen molar-refractivity contribution < 1.29 is 4.48 Å². The number of likely N-dealkylation sites (N-methyl/N-ethyl adjacent to an activating group) is 1. The van der Waals surface area contributed by atoms with Crippen LogP contribution >= 0.6 is 0 Å². The van der Waals surface area contributed by atoms with Crippen LogP contribution in [-0.4, -0.2) is 30.2 Å². The zero-order chi connectivity index (χ0) is 6.58. The molecule has 48 valence electrons. The summed E-state index contributed by atoms with van der Waals surface area (Å²) in [5.41, 5.74) is 0.542. The van der Waals surface area contributed by atoms with Crippen LogP contribution in [0.4, 0.5) is 0 Å². The Hall–Kier alpha value is -0.0400. The predicted molar refractivity (Wildman–Crippen MR) is 35.6 cm³/mol. The molecular weight excluding hydrogens is 98.1 g/mol. The van der Waals surface area contributed by atoms with Gasteiger partial charge in [-0.15, -0.1) is 0 Å². The van der Waals surface area contributed by atoms with Crippen LogP contribution < -0.4 is 0 Å². The van der Waals surface area contributed by atoms with E-state index in [0.29, 0.717) is 5.54 Å². The molecule has 0 bridgehead atoms. The Bertz CT molecular complexity index is 99.6. The Balaban J connectivity index is 2.72. The van der Waals surface area contributed by atoms with E-state index in [-0.39, 0.29) is 0 Å². The van der Waals surface area contributed by atoms with Crippen molar-refractivity contribution >= 4 is 0 Å². The lowest BCUT2D eigenvalue weighted by Crippen LogP contribution is -2.22. The average molecular weight is 114 g/mol. The molecule has 1 fully saturated rings. The van der Waals surface area contributed by atoms with Crippen LogP contribution in [-0.2, 0) is 0 Å². The van der Waals surface area contributed by atoms with Crippen LogP contribution in [0.2, 0.25) is 0 Å². The molecule has 0 N–H and O–H groups in total. The van der Waals surface area contributed by atoms with Gasteiger partial charge in [0.2, 0.25) is 0 Å². The lowest BCUT2D eigenvalue weighted by Gasteiger charge is -2.08. The number of hydrogen-bond acceptors (Lipinski definition) is 0. The zero-order valence-electron chi connectivity index (χ0n) is 6.52. The fraction of sp³-hybridized carbons (Fsp3) is 1.00. The Morgan fingerprint density at radius 2 is 1.38 bits per heavy atom. The summed E-state index contributed by atoms with van der Waals surface area (Å²) in [6, 6.07) is 0.850. The van der Waals surface area contributed by atoms with E-state index in [4.69, 9.17) is 0 Å². The summed E-state index contributed by atoms with van der Waals surface area (Å²) in [6.07, 6.45) is 0. The molecule has 1 nitrogen and oxygen atoms in total. The van der Waals surface area contributed by atoms with Gasteiger partial charge in [0.25, 0.3) is 0 Å². The maximum absolute atomic E-state index is 2.32. The Kier molecular flexibility index (Phi) is 0.840. The summed E-state index contributed by atoms with van der Waals surface area (Å²) in [5.74, 6) is 0. The van der Waals surface area contributed by atoms with Gasteiger partial charge in [-0.1, -0.05) is 0 Å². The first-order chi connectivity index (χ1) is 3.40. The van der Waals surface area contributed by atoms with Crippen LogP contribution in [0.1, 0.15) is 20.8 Å². The highest BCUT2D eigenvalue weighted by atomic mass is 15.5. The van der Waals surface area contributed by atoms with Crippen molar-refractivity contribution in [1.29, 1.82) is 0 Å². The van der Waals surface area contributed by atoms with Crippen molar-refractivity contribution in [3.8, 4) is 0 Å². The average Bonchev–Trinajstić information content (AvgIpc) is 1.88. The number of quaternary nitrogens is 1. The molecule has 0 aromatic heterocycles. The molecule has 1 heterocycles. The van der Waals surface area contributed by atoms with E-state index in [1.54, 1.807) is 0 Å². The van der Waals surface area contributed by atoms with Gasteiger partial charge in [0.05, 0.1) is 14.1 Å². The highest BCUT2D eigenvalue weighted by Crippen LogP contribution is 2.45. The minimum atomic E-state index is 0.542. The summed E-state index contributed by atoms with van der Waals surface area (Å²) in [6.45, 7) is 6.94. The summed E-state index contributed by atoms with van der Waals surface area (Å²) in [5, 5.41) is 0. The largest absolute Gasteiger partial charge is 0.312 e. The van der Waals surface area contributed by atoms with Gasteiger partial charge < -0.3 is 4.48 Å². The molecule has 0 aromatic carbocycles. The van der Waals surface area contributed by atoms with Gasteiger partial charge in [0.15, 0.2) is 0 Å². The van der Waals surface area contributed by atoms with Gasteiger partial charge in [-0.25, -0.2) is 0 Å². The molecule has 1 rings (SSSR count). The van der Waals surface area contributed by atoms with E-state index in [1.165, 1.54) is 4.48 Å². The molecule has 1 atom stereocenters. The minimum absolute atomic E-state index is 0.542. The monoisotopic (exact) mass is 114 g/mol. The van der Waals surface area contributed by atoms with Crippen molar-refractivity contribution in [2.45, 2.75) is 32.4 Å². The Morgan fingerprint density at radius 3 is 1.38 bits per heavy atom. The number of rotatable bonds is 0. The van der Waals surface area contributed by atoms with Crippen LogP contribution in [0.25, 0.3) is 0 Å². The summed E-state index contributed by atoms with van der Waals surface area (Å²) in [4.78, 5) is 0. The molecule has 1 heteroatoms. The maximum Gasteiger partial charge on any atom is 0.145 e. The SMILES string of the molecule is CC1C(C)(C)[N+]1(C)C. The zero-order valence-corrected chi connectivity index (χ0v) is 6.52. The fourth-order valence-electron chi connectivity index (χ4n) is 1.35. The molecule has 1 unspecified atom stereocenters. The highest BCUT2D eigenvalue weighted by Gasteiger charge is 2.64. The summed E-state index contributed by atoms with van der Waals surface area (Å²) >= 11 is 0. The van der Waals surface area contributed by atoms with Crippen LogP contribution in [0.15, 0.2) is 0 Å². The van der Waals surface area contributed by atoms with Crippen LogP contribution in [0.3, 0.4) is 0 Å². The molecule has 0 spiro atoms. The highest BCUT2D eigenvalue weighted by molar-refractivity contribution is 4.91. The number of hydrogen-bond donors (Lipinski definition) is 0. The van der Waals surface area contributed by atoms with Crippen molar-refractivity contribution in [2.75, 3.05) is 14.1 Å². The minimum Gasteiger partial charge on any atom is -0.312 e. The van der Waals surface area contributed by atoms with E-state index in [9.17, 15) is 0 Å². The third kappa shape index (κ3) is 0.408. The first-order valence-electron chi connectivity index (χ1n) is 3.24. The van der Waals surface area contributed by atoms with Crippen molar-refractivity contribution in [3.05, 3.63) is 0 Å². The molecule has 1 aliphatic rings. The lowest BCUT2D eigenvalue weighted by atomic mass is 10.2. The second-order valence-corrected chi connectivity index (χ2v) is 3.87. The van der Waals surface area contributed by atoms with Gasteiger partial charge in [-0.2, -0.15) is 0 Å². The molecule has 0 saturated carbocycles. The second-order valence-electron chi connectivity index (χ2n) is 3.87. The fourth-order valence-corrected chi connectivity index (χ4v) is 1.35. The summed E-state index contributed by atoms with van der Waals surface area (Å²) < 4.78 is 1.19. The van der Waals surface area contributed by atoms with Crippen molar-refractivity contribution in [2.24, 2.45) is 0 Å². The molecule has 1 saturated heterocycles. The molecule has 0 aliphatic carbocycles. The maximum atomic E-state index is 2.32. The van der Waals surface area contributed by atoms with Crippen molar-refractivity contribution in [1.82, 2.24) is 0 Å². The van der Waals surface area contributed by atoms with Gasteiger partial charge in [-0.3, -0.25) is 0 Å². The van der Waals surface area contributed by atoms with Gasteiger partial charge in [0, 0.05) is 0 Å². The molecule has 0 amide bonds. The second kappa shape index (κ2) is 1.10. The first-order valence-corrected chi connectivity index (χ1v) is 3.24. The Labute approximate surface area is 51.9 Å². The topological polar surface area (TPSA) is 0 Å². The van der Waals surface area contributed by atoms with E-state index < -0.39 is 0 Å². The smallest absolute Gasteiger partial charge is 0.145 e. The third-order valence-electron chi connectivity index (χ3n) is 3.41. The Morgan fingerprint density at radius 1 is 1.25 bits per heavy atom. The molecule has 0 aromatic rings. The van der Waals surface area contributed by atoms with Crippen LogP contribution in [0, 0.1) is 0 Å². The van der Waals surface area contributed by atoms with E-state index in [0.717, 1.165) is 6.04 Å². The number of nitrogens with zero attached hydrogens (tertiary/aromatic N) is 1. The molecule has 0 radical (unpaired) electrons. The quantitative estimate of drug-likeness (QED) is 0.328. The van der Waals surface area contributed by atoms with Crippen LogP contribution in [0.5, 0.6) is 0 Å². The predicted octanol–water partition coefficient (Wildman–Crippen LogP) is 1.24. The van der Waals surface area contributed by atoms with Gasteiger partial charge >= 0.3 is 0 Å². The van der Waals surface area contributed by atoms with Crippen molar-refractivity contribution in [3.63, 3.8) is 0 Å². The van der Waals surface area contributed by atoms with Gasteiger partial charge in [0.1, 0.15) is 11.6 Å². The lowest BCUT2D eigenvalue weighted by molar-refractivity contribution is -0.795. The standard InChI is InChI=1S/C7H16N/c1-6-7(2,3)8(6,4)5/h6H,1-5H3/q+1. The normalized spacial score (nSPS) is 39.4. The molecule has 1 aliphatic heterocycles. The summed E-state index contributed by atoms with van der Waals surface area (Å²) in [7, 11) is 4.56. The third-order valence-corrected chi connectivity index (χ3v) is 3.41. The van der Waals surface area contributed by atoms with E-state index in [1.807, 2.05) is 0 Å². The van der Waals surface area contributed by atoms with Gasteiger partial charge in [-0.05, 0) is 20.8 Å².